The fourth-order valence-corrected chi connectivity index (χ4v) is 5.03. The van der Waals surface area contributed by atoms with E-state index in [1.807, 2.05) is 12.1 Å². The number of aryl methyl sites for hydroxylation is 1. The highest BCUT2D eigenvalue weighted by Crippen LogP contribution is 2.40. The predicted octanol–water partition coefficient (Wildman–Crippen LogP) is 5.09. The molecule has 0 radical (unpaired) electrons. The highest BCUT2D eigenvalue weighted by Gasteiger charge is 2.29. The molecule has 1 aromatic carbocycles. The molecule has 1 aliphatic rings. The van der Waals surface area contributed by atoms with Crippen LogP contribution in [-0.2, 0) is 6.42 Å². The second kappa shape index (κ2) is 10.5. The molecule has 4 rings (SSSR count). The van der Waals surface area contributed by atoms with Crippen molar-refractivity contribution in [3.63, 3.8) is 0 Å². The number of carbonyl (C=O) groups is 1. The maximum absolute atomic E-state index is 12.7. The third-order valence-corrected chi connectivity index (χ3v) is 6.96. The van der Waals surface area contributed by atoms with Crippen molar-refractivity contribution in [2.45, 2.75) is 26.0 Å². The van der Waals surface area contributed by atoms with E-state index >= 15 is 0 Å². The molecule has 3 aromatic rings. The van der Waals surface area contributed by atoms with Gasteiger partial charge in [0.2, 0.25) is 0 Å². The van der Waals surface area contributed by atoms with Gasteiger partial charge in [0.05, 0.1) is 12.3 Å². The number of rotatable bonds is 8. The Kier molecular flexibility index (Phi) is 7.42. The Morgan fingerprint density at radius 1 is 1.18 bits per heavy atom. The molecular weight excluding hydrogens is 448 g/mol. The molecule has 1 amide bonds. The van der Waals surface area contributed by atoms with Crippen LogP contribution in [0.1, 0.15) is 39.5 Å². The molecule has 6 nitrogen and oxygen atoms in total. The number of amides is 1. The van der Waals surface area contributed by atoms with Crippen molar-refractivity contribution in [3.05, 3.63) is 70.5 Å². The van der Waals surface area contributed by atoms with Crippen LogP contribution < -0.4 is 10.1 Å². The van der Waals surface area contributed by atoms with Gasteiger partial charge >= 0.3 is 6.61 Å². The number of hydrogen-bond donors (Lipinski definition) is 1. The van der Waals surface area contributed by atoms with Gasteiger partial charge in [0.25, 0.3) is 5.91 Å². The van der Waals surface area contributed by atoms with E-state index in [1.54, 1.807) is 35.6 Å². The van der Waals surface area contributed by atoms with Crippen LogP contribution in [0.3, 0.4) is 0 Å². The monoisotopic (exact) mass is 475 g/mol. The largest absolute Gasteiger partial charge is 0.459 e. The van der Waals surface area contributed by atoms with Crippen molar-refractivity contribution in [2.24, 2.45) is 0 Å². The van der Waals surface area contributed by atoms with Gasteiger partial charge in [-0.1, -0.05) is 19.1 Å². The van der Waals surface area contributed by atoms with Gasteiger partial charge in [-0.3, -0.25) is 9.69 Å². The molecule has 0 spiro atoms. The SMILES string of the molecule is CCc1cc([C@@H](c2ccc(OC(F)F)cc2)N2CCN(C)CC2)c(NC(=O)c2ccco2)s1. The lowest BCUT2D eigenvalue weighted by atomic mass is 9.97. The Morgan fingerprint density at radius 3 is 2.52 bits per heavy atom. The minimum Gasteiger partial charge on any atom is -0.459 e. The molecule has 1 fully saturated rings. The molecule has 1 aliphatic heterocycles. The fourth-order valence-electron chi connectivity index (χ4n) is 4.00. The number of carbonyl (C=O) groups excluding carboxylic acids is 1. The number of hydrogen-bond acceptors (Lipinski definition) is 6. The lowest BCUT2D eigenvalue weighted by Crippen LogP contribution is -2.46. The molecule has 1 N–H and O–H groups in total. The number of nitrogens with zero attached hydrogens (tertiary/aromatic N) is 2. The highest BCUT2D eigenvalue weighted by molar-refractivity contribution is 7.16. The number of thiophene rings is 1. The molecule has 176 valence electrons. The van der Waals surface area contributed by atoms with Gasteiger partial charge in [0.15, 0.2) is 5.76 Å². The van der Waals surface area contributed by atoms with Gasteiger partial charge < -0.3 is 19.4 Å². The molecule has 1 saturated heterocycles. The van der Waals surface area contributed by atoms with E-state index < -0.39 is 6.61 Å². The van der Waals surface area contributed by atoms with Crippen molar-refractivity contribution in [1.29, 1.82) is 0 Å². The minimum atomic E-state index is -2.86. The maximum atomic E-state index is 12.7. The summed E-state index contributed by atoms with van der Waals surface area (Å²) in [6.07, 6.45) is 2.31. The standard InChI is InChI=1S/C24H27F2N3O3S/c1-3-18-15-19(23(33-18)27-22(30)20-5-4-14-31-20)21(29-12-10-28(2)11-13-29)16-6-8-17(9-7-16)32-24(25)26/h4-9,14-15,21,24H,3,10-13H2,1-2H3,(H,27,30)/t21-/m1/s1. The Morgan fingerprint density at radius 2 is 1.91 bits per heavy atom. The summed E-state index contributed by atoms with van der Waals surface area (Å²) in [7, 11) is 2.09. The normalized spacial score (nSPS) is 16.2. The number of alkyl halides is 2. The minimum absolute atomic E-state index is 0.122. The topological polar surface area (TPSA) is 58.0 Å². The van der Waals surface area contributed by atoms with Crippen LogP contribution in [0, 0.1) is 0 Å². The number of anilines is 1. The maximum Gasteiger partial charge on any atom is 0.387 e. The number of halogens is 2. The molecule has 9 heteroatoms. The van der Waals surface area contributed by atoms with E-state index in [0.717, 1.165) is 53.6 Å². The van der Waals surface area contributed by atoms with Crippen LogP contribution in [0.5, 0.6) is 5.75 Å². The number of furan rings is 1. The zero-order chi connectivity index (χ0) is 23.4. The zero-order valence-electron chi connectivity index (χ0n) is 18.6. The quantitative estimate of drug-likeness (QED) is 0.492. The molecule has 3 heterocycles. The third kappa shape index (κ3) is 5.61. The molecule has 2 aromatic heterocycles. The van der Waals surface area contributed by atoms with E-state index in [1.165, 1.54) is 6.26 Å². The van der Waals surface area contributed by atoms with Gasteiger partial charge in [-0.25, -0.2) is 0 Å². The van der Waals surface area contributed by atoms with Crippen molar-refractivity contribution in [2.75, 3.05) is 38.5 Å². The second-order valence-corrected chi connectivity index (χ2v) is 9.11. The summed E-state index contributed by atoms with van der Waals surface area (Å²) >= 11 is 1.55. The van der Waals surface area contributed by atoms with E-state index in [2.05, 4.69) is 39.9 Å². The van der Waals surface area contributed by atoms with Gasteiger partial charge in [-0.2, -0.15) is 8.78 Å². The zero-order valence-corrected chi connectivity index (χ0v) is 19.4. The summed E-state index contributed by atoms with van der Waals surface area (Å²) in [5, 5.41) is 3.80. The lowest BCUT2D eigenvalue weighted by molar-refractivity contribution is -0.0498. The van der Waals surface area contributed by atoms with Crippen LogP contribution in [0.15, 0.2) is 53.1 Å². The number of benzene rings is 1. The number of nitrogens with one attached hydrogen (secondary N) is 1. The van der Waals surface area contributed by atoms with Crippen molar-refractivity contribution >= 4 is 22.2 Å². The van der Waals surface area contributed by atoms with Gasteiger partial charge in [-0.05, 0) is 49.4 Å². The molecule has 0 bridgehead atoms. The van der Waals surface area contributed by atoms with Crippen molar-refractivity contribution < 1.29 is 22.7 Å². The van der Waals surface area contributed by atoms with Crippen LogP contribution in [0.4, 0.5) is 13.8 Å². The highest BCUT2D eigenvalue weighted by atomic mass is 32.1. The molecular formula is C24H27F2N3O3S. The van der Waals surface area contributed by atoms with Gasteiger partial charge in [-0.15, -0.1) is 11.3 Å². The van der Waals surface area contributed by atoms with Crippen LogP contribution in [0.25, 0.3) is 0 Å². The van der Waals surface area contributed by atoms with Crippen molar-refractivity contribution in [3.8, 4) is 5.75 Å². The molecule has 0 saturated carbocycles. The first-order chi connectivity index (χ1) is 15.9. The first-order valence-corrected chi connectivity index (χ1v) is 11.7. The Bertz CT molecular complexity index is 1050. The molecule has 33 heavy (non-hydrogen) atoms. The van der Waals surface area contributed by atoms with E-state index in [4.69, 9.17) is 4.42 Å². The predicted molar refractivity (Wildman–Crippen MR) is 124 cm³/mol. The second-order valence-electron chi connectivity index (χ2n) is 7.97. The third-order valence-electron chi connectivity index (χ3n) is 5.75. The lowest BCUT2D eigenvalue weighted by Gasteiger charge is -2.38. The summed E-state index contributed by atoms with van der Waals surface area (Å²) in [6, 6.07) is 12.1. The van der Waals surface area contributed by atoms with Gasteiger partial charge in [0, 0.05) is 36.6 Å². The first-order valence-electron chi connectivity index (χ1n) is 10.9. The van der Waals surface area contributed by atoms with E-state index in [0.29, 0.717) is 0 Å². The Balaban J connectivity index is 1.70. The van der Waals surface area contributed by atoms with Crippen molar-refractivity contribution in [1.82, 2.24) is 9.80 Å². The van der Waals surface area contributed by atoms with Gasteiger partial charge in [0.1, 0.15) is 10.8 Å². The fraction of sp³-hybridized carbons (Fsp3) is 0.375. The smallest absolute Gasteiger partial charge is 0.387 e. The van der Waals surface area contributed by atoms with Crippen LogP contribution >= 0.6 is 11.3 Å². The molecule has 0 unspecified atom stereocenters. The summed E-state index contributed by atoms with van der Waals surface area (Å²) < 4.78 is 35.0. The number of ether oxygens (including phenoxy) is 1. The molecule has 0 aliphatic carbocycles. The van der Waals surface area contributed by atoms with E-state index in [9.17, 15) is 13.6 Å². The average Bonchev–Trinajstić information content (AvgIpc) is 3.47. The first kappa shape index (κ1) is 23.4. The molecule has 1 atom stereocenters. The Hall–Kier alpha value is -2.75. The number of piperazine rings is 1. The van der Waals surface area contributed by atoms with Crippen LogP contribution in [0.2, 0.25) is 0 Å². The Labute approximate surface area is 195 Å². The van der Waals surface area contributed by atoms with E-state index in [-0.39, 0.29) is 23.5 Å². The summed E-state index contributed by atoms with van der Waals surface area (Å²) in [5.74, 6) is 0.0670. The number of likely N-dealkylation sites (N-methyl/N-ethyl adjacent to an activating group) is 1. The summed E-state index contributed by atoms with van der Waals surface area (Å²) in [5.41, 5.74) is 1.94. The average molecular weight is 476 g/mol. The summed E-state index contributed by atoms with van der Waals surface area (Å²) in [4.78, 5) is 18.5. The summed E-state index contributed by atoms with van der Waals surface area (Å²) in [6.45, 7) is 2.74. The van der Waals surface area contributed by atoms with Crippen LogP contribution in [-0.4, -0.2) is 55.5 Å².